The molecule has 3 N–H and O–H groups in total. The third kappa shape index (κ3) is 4.21. The van der Waals surface area contributed by atoms with Gasteiger partial charge in [-0.2, -0.15) is 0 Å². The Balaban J connectivity index is 1.21. The van der Waals surface area contributed by atoms with E-state index in [1.807, 2.05) is 4.90 Å². The van der Waals surface area contributed by atoms with Crippen LogP contribution in [0.15, 0.2) is 0 Å². The van der Waals surface area contributed by atoms with Gasteiger partial charge in [0.15, 0.2) is 0 Å². The highest BCUT2D eigenvalue weighted by atomic mass is 16.6. The number of amides is 1. The van der Waals surface area contributed by atoms with E-state index in [2.05, 4.69) is 10.6 Å². The summed E-state index contributed by atoms with van der Waals surface area (Å²) >= 11 is 0. The lowest BCUT2D eigenvalue weighted by Gasteiger charge is -2.28. The molecule has 0 bridgehead atoms. The van der Waals surface area contributed by atoms with Crippen molar-refractivity contribution < 1.29 is 24.1 Å². The third-order valence-corrected chi connectivity index (χ3v) is 5.99. The van der Waals surface area contributed by atoms with E-state index in [0.717, 1.165) is 25.9 Å². The number of aliphatic hydroxyl groups is 1. The van der Waals surface area contributed by atoms with Crippen molar-refractivity contribution in [3.05, 3.63) is 0 Å². The average molecular weight is 369 g/mol. The summed E-state index contributed by atoms with van der Waals surface area (Å²) in [6, 6.07) is 0.493. The Morgan fingerprint density at radius 2 is 1.96 bits per heavy atom. The van der Waals surface area contributed by atoms with E-state index in [9.17, 15) is 9.90 Å². The van der Waals surface area contributed by atoms with E-state index in [0.29, 0.717) is 51.7 Å². The second-order valence-electron chi connectivity index (χ2n) is 7.79. The minimum atomic E-state index is -0.627. The van der Waals surface area contributed by atoms with Crippen LogP contribution in [0.25, 0.3) is 0 Å². The van der Waals surface area contributed by atoms with Gasteiger partial charge in [-0.1, -0.05) is 0 Å². The number of hydrogen-bond acceptors (Lipinski definition) is 7. The van der Waals surface area contributed by atoms with Crippen molar-refractivity contribution in [1.29, 1.82) is 0 Å². The number of carbonyl (C=O) groups is 1. The molecule has 8 nitrogen and oxygen atoms in total. The van der Waals surface area contributed by atoms with Crippen LogP contribution in [0, 0.1) is 0 Å². The number of nitrogens with zero attached hydrogens (tertiary/aromatic N) is 1. The van der Waals surface area contributed by atoms with E-state index < -0.39 is 6.10 Å². The van der Waals surface area contributed by atoms with Crippen LogP contribution in [0.4, 0.5) is 0 Å². The Morgan fingerprint density at radius 1 is 1.19 bits per heavy atom. The monoisotopic (exact) mass is 369 g/mol. The van der Waals surface area contributed by atoms with Crippen LogP contribution in [-0.2, 0) is 19.0 Å². The van der Waals surface area contributed by atoms with Gasteiger partial charge in [0.05, 0.1) is 37.9 Å². The number of morpholine rings is 1. The molecule has 148 valence electrons. The first-order chi connectivity index (χ1) is 12.7. The first-order valence-electron chi connectivity index (χ1n) is 9.99. The number of aliphatic hydroxyl groups excluding tert-OH is 1. The molecule has 0 aromatic carbocycles. The Kier molecular flexibility index (Phi) is 6.07. The molecule has 4 aliphatic heterocycles. The SMILES string of the molecule is O=C(CC1CC2OC(CNC3CCNCC3)C(O)C2O1)N1CCOCC1. The van der Waals surface area contributed by atoms with E-state index in [1.165, 1.54) is 0 Å². The maximum atomic E-state index is 12.4. The second-order valence-corrected chi connectivity index (χ2v) is 7.79. The highest BCUT2D eigenvalue weighted by Gasteiger charge is 2.50. The lowest BCUT2D eigenvalue weighted by molar-refractivity contribution is -0.138. The van der Waals surface area contributed by atoms with Gasteiger partial charge in [-0.15, -0.1) is 0 Å². The molecule has 4 rings (SSSR count). The Morgan fingerprint density at radius 3 is 2.69 bits per heavy atom. The minimum absolute atomic E-state index is 0.104. The molecule has 0 aromatic rings. The quantitative estimate of drug-likeness (QED) is 0.564. The zero-order chi connectivity index (χ0) is 17.9. The highest BCUT2D eigenvalue weighted by Crippen LogP contribution is 2.35. The van der Waals surface area contributed by atoms with Crippen molar-refractivity contribution in [2.75, 3.05) is 45.9 Å². The molecule has 26 heavy (non-hydrogen) atoms. The highest BCUT2D eigenvalue weighted by molar-refractivity contribution is 5.76. The Labute approximate surface area is 154 Å². The fourth-order valence-corrected chi connectivity index (χ4v) is 4.45. The maximum absolute atomic E-state index is 12.4. The molecule has 1 amide bonds. The summed E-state index contributed by atoms with van der Waals surface area (Å²) in [6.07, 6.45) is 1.84. The van der Waals surface area contributed by atoms with Crippen LogP contribution < -0.4 is 10.6 Å². The zero-order valence-corrected chi connectivity index (χ0v) is 15.3. The molecule has 0 radical (unpaired) electrons. The largest absolute Gasteiger partial charge is 0.388 e. The standard InChI is InChI=1S/C18H31N3O5/c22-16(21-5-7-24-8-6-21)10-13-9-14-18(25-13)17(23)15(26-14)11-20-12-1-3-19-4-2-12/h12-15,17-20,23H,1-11H2. The van der Waals surface area contributed by atoms with Crippen molar-refractivity contribution in [2.24, 2.45) is 0 Å². The van der Waals surface area contributed by atoms with Gasteiger partial charge in [-0.25, -0.2) is 0 Å². The molecule has 0 aromatic heterocycles. The number of rotatable bonds is 5. The van der Waals surface area contributed by atoms with Crippen molar-refractivity contribution >= 4 is 5.91 Å². The molecule has 4 fully saturated rings. The van der Waals surface area contributed by atoms with Crippen molar-refractivity contribution in [3.63, 3.8) is 0 Å². The van der Waals surface area contributed by atoms with Gasteiger partial charge in [-0.05, 0) is 25.9 Å². The van der Waals surface area contributed by atoms with Crippen molar-refractivity contribution in [1.82, 2.24) is 15.5 Å². The molecular weight excluding hydrogens is 338 g/mol. The van der Waals surface area contributed by atoms with Crippen LogP contribution in [0.2, 0.25) is 0 Å². The molecule has 4 aliphatic rings. The molecule has 0 saturated carbocycles. The number of carbonyl (C=O) groups excluding carboxylic acids is 1. The number of hydrogen-bond donors (Lipinski definition) is 3. The fraction of sp³-hybridized carbons (Fsp3) is 0.944. The van der Waals surface area contributed by atoms with Gasteiger partial charge < -0.3 is 34.9 Å². The normalized spacial score (nSPS) is 38.5. The van der Waals surface area contributed by atoms with Crippen molar-refractivity contribution in [3.8, 4) is 0 Å². The van der Waals surface area contributed by atoms with Gasteiger partial charge in [0, 0.05) is 32.1 Å². The molecule has 5 atom stereocenters. The molecule has 4 heterocycles. The molecule has 5 unspecified atom stereocenters. The summed E-state index contributed by atoms with van der Waals surface area (Å²) in [6.45, 7) is 5.26. The zero-order valence-electron chi connectivity index (χ0n) is 15.3. The lowest BCUT2D eigenvalue weighted by atomic mass is 10.0. The fourth-order valence-electron chi connectivity index (χ4n) is 4.45. The summed E-state index contributed by atoms with van der Waals surface area (Å²) in [7, 11) is 0. The van der Waals surface area contributed by atoms with Gasteiger partial charge in [0.25, 0.3) is 0 Å². The number of ether oxygens (including phenoxy) is 3. The number of fused-ring (bicyclic) bond motifs is 1. The second kappa shape index (κ2) is 8.50. The first-order valence-corrected chi connectivity index (χ1v) is 9.99. The number of nitrogens with one attached hydrogen (secondary N) is 2. The predicted molar refractivity (Wildman–Crippen MR) is 93.9 cm³/mol. The minimum Gasteiger partial charge on any atom is -0.388 e. The van der Waals surface area contributed by atoms with Gasteiger partial charge in [-0.3, -0.25) is 4.79 Å². The predicted octanol–water partition coefficient (Wildman–Crippen LogP) is -1.14. The van der Waals surface area contributed by atoms with E-state index in [1.54, 1.807) is 0 Å². The van der Waals surface area contributed by atoms with Gasteiger partial charge in [0.1, 0.15) is 12.2 Å². The van der Waals surface area contributed by atoms with Gasteiger partial charge in [0.2, 0.25) is 5.91 Å². The lowest BCUT2D eigenvalue weighted by Crippen LogP contribution is -2.46. The summed E-state index contributed by atoms with van der Waals surface area (Å²) in [5.41, 5.74) is 0. The van der Waals surface area contributed by atoms with E-state index in [4.69, 9.17) is 14.2 Å². The molecule has 0 aliphatic carbocycles. The van der Waals surface area contributed by atoms with Crippen LogP contribution in [-0.4, -0.2) is 98.4 Å². The van der Waals surface area contributed by atoms with Crippen LogP contribution in [0.3, 0.4) is 0 Å². The average Bonchev–Trinajstić information content (AvgIpc) is 3.20. The molecular formula is C18H31N3O5. The smallest absolute Gasteiger partial charge is 0.225 e. The summed E-state index contributed by atoms with van der Waals surface area (Å²) in [4.78, 5) is 14.2. The van der Waals surface area contributed by atoms with Crippen LogP contribution in [0.1, 0.15) is 25.7 Å². The summed E-state index contributed by atoms with van der Waals surface area (Å²) < 4.78 is 17.3. The van der Waals surface area contributed by atoms with E-state index >= 15 is 0 Å². The van der Waals surface area contributed by atoms with Crippen LogP contribution >= 0.6 is 0 Å². The topological polar surface area (TPSA) is 92.3 Å². The van der Waals surface area contributed by atoms with Crippen molar-refractivity contribution in [2.45, 2.75) is 62.2 Å². The molecule has 0 spiro atoms. The molecule has 8 heteroatoms. The Hall–Kier alpha value is -0.770. The first kappa shape index (κ1) is 18.6. The molecule has 4 saturated heterocycles. The van der Waals surface area contributed by atoms with Gasteiger partial charge >= 0.3 is 0 Å². The number of piperidine rings is 1. The summed E-state index contributed by atoms with van der Waals surface area (Å²) in [5.74, 6) is 0.108. The maximum Gasteiger partial charge on any atom is 0.225 e. The third-order valence-electron chi connectivity index (χ3n) is 5.99. The Bertz CT molecular complexity index is 481. The summed E-state index contributed by atoms with van der Waals surface area (Å²) in [5, 5.41) is 17.4. The van der Waals surface area contributed by atoms with E-state index in [-0.39, 0.29) is 30.3 Å². The van der Waals surface area contributed by atoms with Crippen LogP contribution in [0.5, 0.6) is 0 Å².